The molecule has 5 heteroatoms. The zero-order valence-electron chi connectivity index (χ0n) is 17.6. The van der Waals surface area contributed by atoms with Gasteiger partial charge in [-0.25, -0.2) is 0 Å². The molecule has 0 saturated carbocycles. The minimum atomic E-state index is -0.265. The average Bonchev–Trinajstić information content (AvgIpc) is 2.74. The predicted octanol–water partition coefficient (Wildman–Crippen LogP) is 4.88. The molecule has 0 fully saturated rings. The molecule has 0 aliphatic heterocycles. The van der Waals surface area contributed by atoms with Gasteiger partial charge in [0.05, 0.1) is 17.8 Å². The van der Waals surface area contributed by atoms with Gasteiger partial charge in [0.25, 0.3) is 5.91 Å². The highest BCUT2D eigenvalue weighted by Gasteiger charge is 2.17. The van der Waals surface area contributed by atoms with Gasteiger partial charge in [0.2, 0.25) is 5.91 Å². The van der Waals surface area contributed by atoms with E-state index in [0.29, 0.717) is 16.9 Å². The van der Waals surface area contributed by atoms with Gasteiger partial charge in [0.1, 0.15) is 0 Å². The Kier molecular flexibility index (Phi) is 6.99. The Morgan fingerprint density at radius 2 is 1.50 bits per heavy atom. The fourth-order valence-corrected chi connectivity index (χ4v) is 3.16. The molecule has 0 saturated heterocycles. The molecule has 0 aromatic heterocycles. The number of carbonyl (C=O) groups excluding carboxylic acids is 2. The lowest BCUT2D eigenvalue weighted by molar-refractivity contribution is -0.117. The first-order valence-electron chi connectivity index (χ1n) is 9.96. The SMILES string of the molecule is Cc1ccc(C(C)N(C)CC(=O)Nc2ccccc2C(=O)Nc2ccccc2)cc1. The Bertz CT molecular complexity index is 1000. The van der Waals surface area contributed by atoms with Crippen LogP contribution in [0.5, 0.6) is 0 Å². The van der Waals surface area contributed by atoms with Crippen LogP contribution in [0.3, 0.4) is 0 Å². The number of likely N-dealkylation sites (N-methyl/N-ethyl adjacent to an activating group) is 1. The van der Waals surface area contributed by atoms with Crippen LogP contribution in [0.1, 0.15) is 34.5 Å². The normalized spacial score (nSPS) is 11.7. The van der Waals surface area contributed by atoms with E-state index < -0.39 is 0 Å². The van der Waals surface area contributed by atoms with Crippen LogP contribution in [0, 0.1) is 6.92 Å². The maximum atomic E-state index is 12.7. The minimum absolute atomic E-state index is 0.0907. The van der Waals surface area contributed by atoms with E-state index in [1.54, 1.807) is 24.3 Å². The van der Waals surface area contributed by atoms with Gasteiger partial charge in [-0.3, -0.25) is 14.5 Å². The fourth-order valence-electron chi connectivity index (χ4n) is 3.16. The van der Waals surface area contributed by atoms with Gasteiger partial charge >= 0.3 is 0 Å². The van der Waals surface area contributed by atoms with Crippen LogP contribution in [-0.4, -0.2) is 30.3 Å². The molecule has 0 spiro atoms. The van der Waals surface area contributed by atoms with Crippen molar-refractivity contribution in [3.05, 3.63) is 95.6 Å². The van der Waals surface area contributed by atoms with Crippen LogP contribution >= 0.6 is 0 Å². The van der Waals surface area contributed by atoms with Crippen molar-refractivity contribution in [2.45, 2.75) is 19.9 Å². The Labute approximate surface area is 177 Å². The predicted molar refractivity (Wildman–Crippen MR) is 122 cm³/mol. The van der Waals surface area contributed by atoms with Crippen LogP contribution in [-0.2, 0) is 4.79 Å². The molecule has 0 bridgehead atoms. The molecular formula is C25H27N3O2. The van der Waals surface area contributed by atoms with Crippen LogP contribution in [0.15, 0.2) is 78.9 Å². The van der Waals surface area contributed by atoms with Gasteiger partial charge in [-0.2, -0.15) is 0 Å². The Balaban J connectivity index is 1.65. The Morgan fingerprint density at radius 1 is 0.867 bits per heavy atom. The van der Waals surface area contributed by atoms with Gasteiger partial charge in [0.15, 0.2) is 0 Å². The quantitative estimate of drug-likeness (QED) is 0.593. The third-order valence-electron chi connectivity index (χ3n) is 5.09. The Hall–Kier alpha value is -3.44. The molecule has 3 aromatic rings. The molecule has 30 heavy (non-hydrogen) atoms. The molecule has 0 aliphatic carbocycles. The number of amides is 2. The number of hydrogen-bond donors (Lipinski definition) is 2. The summed E-state index contributed by atoms with van der Waals surface area (Å²) < 4.78 is 0. The third kappa shape index (κ3) is 5.55. The molecule has 0 radical (unpaired) electrons. The highest BCUT2D eigenvalue weighted by Crippen LogP contribution is 2.20. The molecular weight excluding hydrogens is 374 g/mol. The molecule has 3 aromatic carbocycles. The third-order valence-corrected chi connectivity index (χ3v) is 5.09. The molecule has 5 nitrogen and oxygen atoms in total. The summed E-state index contributed by atoms with van der Waals surface area (Å²) >= 11 is 0. The summed E-state index contributed by atoms with van der Waals surface area (Å²) in [4.78, 5) is 27.3. The lowest BCUT2D eigenvalue weighted by atomic mass is 10.1. The first-order chi connectivity index (χ1) is 14.4. The van der Waals surface area contributed by atoms with Gasteiger partial charge < -0.3 is 10.6 Å². The van der Waals surface area contributed by atoms with Gasteiger partial charge in [-0.1, -0.05) is 60.2 Å². The van der Waals surface area contributed by atoms with Crippen molar-refractivity contribution >= 4 is 23.2 Å². The Morgan fingerprint density at radius 3 is 2.20 bits per heavy atom. The van der Waals surface area contributed by atoms with E-state index in [1.807, 2.05) is 42.3 Å². The van der Waals surface area contributed by atoms with E-state index in [1.165, 1.54) is 5.56 Å². The standard InChI is InChI=1S/C25H27N3O2/c1-18-13-15-20(16-14-18)19(2)28(3)17-24(29)27-23-12-8-7-11-22(23)25(30)26-21-9-5-4-6-10-21/h4-16,19H,17H2,1-3H3,(H,26,30)(H,27,29). The number of carbonyl (C=O) groups is 2. The highest BCUT2D eigenvalue weighted by molar-refractivity contribution is 6.10. The van der Waals surface area contributed by atoms with Gasteiger partial charge in [0, 0.05) is 11.7 Å². The smallest absolute Gasteiger partial charge is 0.257 e. The van der Waals surface area contributed by atoms with E-state index in [2.05, 4.69) is 48.7 Å². The lowest BCUT2D eigenvalue weighted by Crippen LogP contribution is -2.32. The van der Waals surface area contributed by atoms with Crippen LogP contribution in [0.2, 0.25) is 0 Å². The van der Waals surface area contributed by atoms with Crippen molar-refractivity contribution in [1.82, 2.24) is 4.90 Å². The van der Waals surface area contributed by atoms with Crippen LogP contribution in [0.4, 0.5) is 11.4 Å². The van der Waals surface area contributed by atoms with Crippen molar-refractivity contribution in [2.24, 2.45) is 0 Å². The van der Waals surface area contributed by atoms with Crippen molar-refractivity contribution in [1.29, 1.82) is 0 Å². The molecule has 1 atom stereocenters. The number of rotatable bonds is 7. The topological polar surface area (TPSA) is 61.4 Å². The van der Waals surface area contributed by atoms with Crippen molar-refractivity contribution in [3.63, 3.8) is 0 Å². The highest BCUT2D eigenvalue weighted by atomic mass is 16.2. The number of nitrogens with zero attached hydrogens (tertiary/aromatic N) is 1. The van der Waals surface area contributed by atoms with Crippen LogP contribution < -0.4 is 10.6 Å². The lowest BCUT2D eigenvalue weighted by Gasteiger charge is -2.24. The molecule has 0 aliphatic rings. The number of aryl methyl sites for hydroxylation is 1. The monoisotopic (exact) mass is 401 g/mol. The van der Waals surface area contributed by atoms with Gasteiger partial charge in [-0.15, -0.1) is 0 Å². The molecule has 2 N–H and O–H groups in total. The summed E-state index contributed by atoms with van der Waals surface area (Å²) in [6.45, 7) is 4.33. The number of benzene rings is 3. The first-order valence-corrected chi connectivity index (χ1v) is 9.96. The second-order valence-electron chi connectivity index (χ2n) is 7.42. The summed E-state index contributed by atoms with van der Waals surface area (Å²) in [6, 6.07) is 24.6. The summed E-state index contributed by atoms with van der Waals surface area (Å²) in [5, 5.41) is 5.74. The number of nitrogens with one attached hydrogen (secondary N) is 2. The summed E-state index contributed by atoms with van der Waals surface area (Å²) in [5.41, 5.74) is 3.97. The maximum Gasteiger partial charge on any atom is 0.257 e. The first kappa shape index (κ1) is 21.3. The number of para-hydroxylation sites is 2. The van der Waals surface area contributed by atoms with E-state index in [9.17, 15) is 9.59 Å². The second kappa shape index (κ2) is 9.85. The largest absolute Gasteiger partial charge is 0.324 e. The second-order valence-corrected chi connectivity index (χ2v) is 7.42. The van der Waals surface area contributed by atoms with E-state index in [4.69, 9.17) is 0 Å². The van der Waals surface area contributed by atoms with E-state index >= 15 is 0 Å². The average molecular weight is 402 g/mol. The molecule has 3 rings (SSSR count). The summed E-state index contributed by atoms with van der Waals surface area (Å²) in [7, 11) is 1.91. The van der Waals surface area contributed by atoms with Crippen molar-refractivity contribution in [3.8, 4) is 0 Å². The molecule has 1 unspecified atom stereocenters. The number of anilines is 2. The molecule has 0 heterocycles. The molecule has 154 valence electrons. The van der Waals surface area contributed by atoms with Gasteiger partial charge in [-0.05, 0) is 50.7 Å². The zero-order valence-corrected chi connectivity index (χ0v) is 17.6. The fraction of sp³-hybridized carbons (Fsp3) is 0.200. The van der Waals surface area contributed by atoms with Crippen molar-refractivity contribution in [2.75, 3.05) is 24.2 Å². The molecule has 2 amide bonds. The van der Waals surface area contributed by atoms with E-state index in [0.717, 1.165) is 5.56 Å². The maximum absolute atomic E-state index is 12.7. The summed E-state index contributed by atoms with van der Waals surface area (Å²) in [5.74, 6) is -0.435. The summed E-state index contributed by atoms with van der Waals surface area (Å²) in [6.07, 6.45) is 0. The van der Waals surface area contributed by atoms with E-state index in [-0.39, 0.29) is 24.4 Å². The van der Waals surface area contributed by atoms with Crippen molar-refractivity contribution < 1.29 is 9.59 Å². The zero-order chi connectivity index (χ0) is 21.5. The number of hydrogen-bond acceptors (Lipinski definition) is 3. The minimum Gasteiger partial charge on any atom is -0.324 e. The van der Waals surface area contributed by atoms with Crippen LogP contribution in [0.25, 0.3) is 0 Å².